The lowest BCUT2D eigenvalue weighted by Gasteiger charge is -2.27. The summed E-state index contributed by atoms with van der Waals surface area (Å²) in [5.41, 5.74) is -0.203. The third-order valence-electron chi connectivity index (χ3n) is 3.73. The van der Waals surface area contributed by atoms with Crippen LogP contribution in [0.1, 0.15) is 13.3 Å². The number of ether oxygens (including phenoxy) is 1. The summed E-state index contributed by atoms with van der Waals surface area (Å²) < 4.78 is 5.29. The second kappa shape index (κ2) is 5.80. The predicted molar refractivity (Wildman–Crippen MR) is 65.9 cm³/mol. The zero-order valence-corrected chi connectivity index (χ0v) is 10.6. The van der Waals surface area contributed by atoms with Crippen LogP contribution >= 0.6 is 0 Å². The number of carbonyl (C=O) groups excluding carboxylic acids is 1. The second-order valence-electron chi connectivity index (χ2n) is 5.20. The molecular weight excluding hydrogens is 218 g/mol. The molecular formula is C12H23N3O2. The lowest BCUT2D eigenvalue weighted by atomic mass is 9.89. The first-order valence-electron chi connectivity index (χ1n) is 6.50. The van der Waals surface area contributed by atoms with Crippen LogP contribution < -0.4 is 10.6 Å². The van der Waals surface area contributed by atoms with Crippen molar-refractivity contribution in [2.24, 2.45) is 5.41 Å². The van der Waals surface area contributed by atoms with Gasteiger partial charge < -0.3 is 15.4 Å². The van der Waals surface area contributed by atoms with Crippen LogP contribution in [-0.4, -0.2) is 63.3 Å². The van der Waals surface area contributed by atoms with Gasteiger partial charge in [0.2, 0.25) is 5.91 Å². The predicted octanol–water partition coefficient (Wildman–Crippen LogP) is -0.566. The average molecular weight is 241 g/mol. The molecule has 17 heavy (non-hydrogen) atoms. The topological polar surface area (TPSA) is 53.6 Å². The largest absolute Gasteiger partial charge is 0.379 e. The minimum Gasteiger partial charge on any atom is -0.379 e. The van der Waals surface area contributed by atoms with Crippen molar-refractivity contribution in [3.63, 3.8) is 0 Å². The second-order valence-corrected chi connectivity index (χ2v) is 5.20. The molecule has 0 aliphatic carbocycles. The van der Waals surface area contributed by atoms with Crippen LogP contribution in [0.2, 0.25) is 0 Å². The summed E-state index contributed by atoms with van der Waals surface area (Å²) in [5.74, 6) is 0.191. The SMILES string of the molecule is CC1(C(=O)NCCN2CCOCC2)CCNC1. The molecule has 0 aromatic carbocycles. The summed E-state index contributed by atoms with van der Waals surface area (Å²) in [6.45, 7) is 9.06. The van der Waals surface area contributed by atoms with Crippen LogP contribution in [0.3, 0.4) is 0 Å². The minimum absolute atomic E-state index is 0.191. The Hall–Kier alpha value is -0.650. The number of carbonyl (C=O) groups is 1. The smallest absolute Gasteiger partial charge is 0.227 e. The van der Waals surface area contributed by atoms with E-state index in [1.54, 1.807) is 0 Å². The van der Waals surface area contributed by atoms with E-state index in [9.17, 15) is 4.79 Å². The molecule has 0 saturated carbocycles. The molecule has 2 fully saturated rings. The van der Waals surface area contributed by atoms with E-state index in [0.717, 1.165) is 58.9 Å². The molecule has 0 radical (unpaired) electrons. The van der Waals surface area contributed by atoms with Gasteiger partial charge in [-0.25, -0.2) is 0 Å². The minimum atomic E-state index is -0.203. The van der Waals surface area contributed by atoms with Crippen molar-refractivity contribution in [3.8, 4) is 0 Å². The van der Waals surface area contributed by atoms with Crippen molar-refractivity contribution in [1.29, 1.82) is 0 Å². The Morgan fingerprint density at radius 1 is 1.47 bits per heavy atom. The molecule has 2 rings (SSSR count). The van der Waals surface area contributed by atoms with E-state index in [2.05, 4.69) is 15.5 Å². The molecule has 0 aromatic rings. The van der Waals surface area contributed by atoms with Crippen molar-refractivity contribution in [3.05, 3.63) is 0 Å². The first kappa shape index (κ1) is 12.8. The molecule has 1 unspecified atom stereocenters. The molecule has 2 N–H and O–H groups in total. The van der Waals surface area contributed by atoms with Gasteiger partial charge in [0.25, 0.3) is 0 Å². The maximum absolute atomic E-state index is 12.0. The lowest BCUT2D eigenvalue weighted by molar-refractivity contribution is -0.129. The highest BCUT2D eigenvalue weighted by Crippen LogP contribution is 2.24. The van der Waals surface area contributed by atoms with Gasteiger partial charge in [-0.3, -0.25) is 9.69 Å². The Kier molecular flexibility index (Phi) is 4.36. The molecule has 2 heterocycles. The van der Waals surface area contributed by atoms with Gasteiger partial charge in [0.15, 0.2) is 0 Å². The Labute approximate surface area is 103 Å². The number of nitrogens with zero attached hydrogens (tertiary/aromatic N) is 1. The Morgan fingerprint density at radius 2 is 2.24 bits per heavy atom. The van der Waals surface area contributed by atoms with E-state index < -0.39 is 0 Å². The Balaban J connectivity index is 1.65. The first-order valence-corrected chi connectivity index (χ1v) is 6.50. The summed E-state index contributed by atoms with van der Waals surface area (Å²) in [5, 5.41) is 6.30. The normalized spacial score (nSPS) is 30.4. The van der Waals surface area contributed by atoms with Gasteiger partial charge in [-0.05, 0) is 19.9 Å². The number of morpholine rings is 1. The fourth-order valence-corrected chi connectivity index (χ4v) is 2.38. The van der Waals surface area contributed by atoms with Crippen LogP contribution in [0, 0.1) is 5.41 Å². The highest BCUT2D eigenvalue weighted by atomic mass is 16.5. The van der Waals surface area contributed by atoms with E-state index in [0.29, 0.717) is 0 Å². The Morgan fingerprint density at radius 3 is 2.88 bits per heavy atom. The number of hydrogen-bond donors (Lipinski definition) is 2. The number of amides is 1. The van der Waals surface area contributed by atoms with Gasteiger partial charge in [0, 0.05) is 32.7 Å². The van der Waals surface area contributed by atoms with E-state index in [-0.39, 0.29) is 11.3 Å². The van der Waals surface area contributed by atoms with E-state index in [1.165, 1.54) is 0 Å². The quantitative estimate of drug-likeness (QED) is 0.692. The molecule has 5 nitrogen and oxygen atoms in total. The Bertz CT molecular complexity index is 258. The fraction of sp³-hybridized carbons (Fsp3) is 0.917. The van der Waals surface area contributed by atoms with Gasteiger partial charge >= 0.3 is 0 Å². The third kappa shape index (κ3) is 3.40. The third-order valence-corrected chi connectivity index (χ3v) is 3.73. The number of rotatable bonds is 4. The zero-order valence-electron chi connectivity index (χ0n) is 10.6. The van der Waals surface area contributed by atoms with Crippen LogP contribution in [0.5, 0.6) is 0 Å². The number of hydrogen-bond acceptors (Lipinski definition) is 4. The van der Waals surface area contributed by atoms with Crippen molar-refractivity contribution in [2.45, 2.75) is 13.3 Å². The van der Waals surface area contributed by atoms with Crippen LogP contribution in [0.4, 0.5) is 0 Å². The molecule has 98 valence electrons. The van der Waals surface area contributed by atoms with E-state index >= 15 is 0 Å². The van der Waals surface area contributed by atoms with Gasteiger partial charge in [-0.15, -0.1) is 0 Å². The van der Waals surface area contributed by atoms with Gasteiger partial charge in [0.1, 0.15) is 0 Å². The number of nitrogens with one attached hydrogen (secondary N) is 2. The molecule has 1 atom stereocenters. The zero-order chi connectivity index (χ0) is 12.1. The van der Waals surface area contributed by atoms with Crippen molar-refractivity contribution < 1.29 is 9.53 Å². The van der Waals surface area contributed by atoms with E-state index in [1.807, 2.05) is 6.92 Å². The molecule has 0 bridgehead atoms. The van der Waals surface area contributed by atoms with Crippen molar-refractivity contribution in [2.75, 3.05) is 52.5 Å². The average Bonchev–Trinajstić information content (AvgIpc) is 2.79. The summed E-state index contributed by atoms with van der Waals surface area (Å²) >= 11 is 0. The molecule has 2 aliphatic rings. The standard InChI is InChI=1S/C12H23N3O2/c1-12(2-3-13-10-12)11(16)14-4-5-15-6-8-17-9-7-15/h13H,2-10H2,1H3,(H,14,16). The van der Waals surface area contributed by atoms with Crippen molar-refractivity contribution in [1.82, 2.24) is 15.5 Å². The summed E-state index contributed by atoms with van der Waals surface area (Å²) in [6, 6.07) is 0. The summed E-state index contributed by atoms with van der Waals surface area (Å²) in [4.78, 5) is 14.3. The molecule has 5 heteroatoms. The van der Waals surface area contributed by atoms with Crippen LogP contribution in [0.15, 0.2) is 0 Å². The van der Waals surface area contributed by atoms with Crippen molar-refractivity contribution >= 4 is 5.91 Å². The molecule has 0 spiro atoms. The molecule has 2 aliphatic heterocycles. The summed E-state index contributed by atoms with van der Waals surface area (Å²) in [6.07, 6.45) is 0.941. The lowest BCUT2D eigenvalue weighted by Crippen LogP contribution is -2.45. The summed E-state index contributed by atoms with van der Waals surface area (Å²) in [7, 11) is 0. The maximum Gasteiger partial charge on any atom is 0.227 e. The highest BCUT2D eigenvalue weighted by molar-refractivity contribution is 5.82. The highest BCUT2D eigenvalue weighted by Gasteiger charge is 2.35. The fourth-order valence-electron chi connectivity index (χ4n) is 2.38. The first-order chi connectivity index (χ1) is 8.21. The molecule has 2 saturated heterocycles. The monoisotopic (exact) mass is 241 g/mol. The van der Waals surface area contributed by atoms with Crippen LogP contribution in [0.25, 0.3) is 0 Å². The van der Waals surface area contributed by atoms with Gasteiger partial charge in [-0.1, -0.05) is 0 Å². The van der Waals surface area contributed by atoms with E-state index in [4.69, 9.17) is 4.74 Å². The van der Waals surface area contributed by atoms with Gasteiger partial charge in [-0.2, -0.15) is 0 Å². The maximum atomic E-state index is 12.0. The van der Waals surface area contributed by atoms with Gasteiger partial charge in [0.05, 0.1) is 18.6 Å². The molecule has 1 amide bonds. The molecule has 0 aromatic heterocycles. The van der Waals surface area contributed by atoms with Crippen LogP contribution in [-0.2, 0) is 9.53 Å².